The summed E-state index contributed by atoms with van der Waals surface area (Å²) in [4.78, 5) is 10.9. The van der Waals surface area contributed by atoms with Crippen LogP contribution in [0.15, 0.2) is 24.3 Å². The summed E-state index contributed by atoms with van der Waals surface area (Å²) in [5, 5.41) is 3.03. The highest BCUT2D eigenvalue weighted by Crippen LogP contribution is 2.36. The Morgan fingerprint density at radius 1 is 1.24 bits per heavy atom. The topological polar surface area (TPSA) is 29.1 Å². The number of nitrogens with one attached hydrogen (secondary N) is 1. The van der Waals surface area contributed by atoms with E-state index in [1.54, 1.807) is 0 Å². The molecular weight excluding hydrogens is 234 g/mol. The molecule has 2 unspecified atom stereocenters. The molecule has 2 nitrogen and oxygen atoms in total. The van der Waals surface area contributed by atoms with Gasteiger partial charge >= 0.3 is 0 Å². The molecule has 2 rings (SSSR count). The van der Waals surface area contributed by atoms with Crippen molar-refractivity contribution >= 4 is 23.2 Å². The quantitative estimate of drug-likeness (QED) is 0.794. The summed E-state index contributed by atoms with van der Waals surface area (Å²) in [6.07, 6.45) is 4.79. The summed E-state index contributed by atoms with van der Waals surface area (Å²) in [5.41, 5.74) is 2.14. The lowest BCUT2D eigenvalue weighted by atomic mass is 9.83. The van der Waals surface area contributed by atoms with Crippen molar-refractivity contribution in [3.63, 3.8) is 0 Å². The van der Waals surface area contributed by atoms with Crippen LogP contribution < -0.4 is 5.32 Å². The summed E-state index contributed by atoms with van der Waals surface area (Å²) >= 11 is 6.37. The summed E-state index contributed by atoms with van der Waals surface area (Å²) in [6.45, 7) is 1.52. The monoisotopic (exact) mass is 251 g/mol. The van der Waals surface area contributed by atoms with E-state index in [9.17, 15) is 4.79 Å². The Balaban J connectivity index is 2.08. The van der Waals surface area contributed by atoms with Crippen LogP contribution in [0.4, 0.5) is 5.69 Å². The molecule has 2 atom stereocenters. The fourth-order valence-corrected chi connectivity index (χ4v) is 2.90. The Bertz CT molecular complexity index is 388. The number of benzene rings is 1. The van der Waals surface area contributed by atoms with E-state index in [0.717, 1.165) is 12.1 Å². The summed E-state index contributed by atoms with van der Waals surface area (Å²) < 4.78 is 0. The second-order valence-electron chi connectivity index (χ2n) is 4.71. The van der Waals surface area contributed by atoms with Crippen molar-refractivity contribution in [2.45, 2.75) is 43.9 Å². The van der Waals surface area contributed by atoms with Crippen molar-refractivity contribution in [1.82, 2.24) is 0 Å². The van der Waals surface area contributed by atoms with Crippen LogP contribution in [0.5, 0.6) is 0 Å². The Kier molecular flexibility index (Phi) is 4.06. The number of carbonyl (C=O) groups is 1. The number of halogens is 1. The molecule has 0 saturated heterocycles. The molecule has 1 aromatic rings. The number of rotatable bonds is 2. The first-order valence-electron chi connectivity index (χ1n) is 6.18. The second-order valence-corrected chi connectivity index (χ2v) is 5.27. The zero-order valence-corrected chi connectivity index (χ0v) is 10.8. The molecule has 1 fully saturated rings. The predicted octanol–water partition coefficient (Wildman–Crippen LogP) is 3.91. The highest BCUT2D eigenvalue weighted by Gasteiger charge is 2.24. The van der Waals surface area contributed by atoms with Crippen LogP contribution in [0, 0.1) is 0 Å². The minimum absolute atomic E-state index is 0.0364. The van der Waals surface area contributed by atoms with Gasteiger partial charge in [-0.25, -0.2) is 0 Å². The molecule has 1 N–H and O–H groups in total. The number of amides is 1. The minimum atomic E-state index is -0.0364. The molecule has 17 heavy (non-hydrogen) atoms. The molecular formula is C14H18ClNO. The maximum Gasteiger partial charge on any atom is 0.221 e. The Hall–Kier alpha value is -1.02. The van der Waals surface area contributed by atoms with Gasteiger partial charge in [0.1, 0.15) is 0 Å². The summed E-state index contributed by atoms with van der Waals surface area (Å²) in [6, 6.07) is 8.07. The summed E-state index contributed by atoms with van der Waals surface area (Å²) in [7, 11) is 0. The molecule has 3 heteroatoms. The maximum absolute atomic E-state index is 10.9. The van der Waals surface area contributed by atoms with Crippen molar-refractivity contribution < 1.29 is 4.79 Å². The van der Waals surface area contributed by atoms with E-state index in [0.29, 0.717) is 5.92 Å². The highest BCUT2D eigenvalue weighted by atomic mass is 35.5. The van der Waals surface area contributed by atoms with Crippen molar-refractivity contribution in [2.75, 3.05) is 5.32 Å². The van der Waals surface area contributed by atoms with Crippen LogP contribution in [-0.2, 0) is 4.79 Å². The molecule has 1 amide bonds. The van der Waals surface area contributed by atoms with Gasteiger partial charge in [0, 0.05) is 23.9 Å². The van der Waals surface area contributed by atoms with E-state index < -0.39 is 0 Å². The predicted molar refractivity (Wildman–Crippen MR) is 71.6 cm³/mol. The van der Waals surface area contributed by atoms with E-state index >= 15 is 0 Å². The van der Waals surface area contributed by atoms with Gasteiger partial charge in [0.15, 0.2) is 0 Å². The molecule has 0 aliphatic heterocycles. The third-order valence-corrected chi connectivity index (χ3v) is 3.86. The largest absolute Gasteiger partial charge is 0.326 e. The van der Waals surface area contributed by atoms with Crippen LogP contribution in [0.3, 0.4) is 0 Å². The second kappa shape index (κ2) is 5.54. The summed E-state index contributed by atoms with van der Waals surface area (Å²) in [5.74, 6) is 0.433. The lowest BCUT2D eigenvalue weighted by Gasteiger charge is -2.27. The average Bonchev–Trinajstić information content (AvgIpc) is 2.30. The van der Waals surface area contributed by atoms with E-state index in [1.165, 1.54) is 31.7 Å². The van der Waals surface area contributed by atoms with E-state index in [1.807, 2.05) is 12.1 Å². The standard InChI is InChI=1S/C14H18ClNO/c1-10(17)16-12-8-6-11(7-9-12)13-4-2-3-5-14(13)15/h6-9,13-14H,2-5H2,1H3,(H,16,17). The lowest BCUT2D eigenvalue weighted by molar-refractivity contribution is -0.114. The van der Waals surface area contributed by atoms with E-state index in [-0.39, 0.29) is 11.3 Å². The SMILES string of the molecule is CC(=O)Nc1ccc(C2CCCCC2Cl)cc1. The maximum atomic E-state index is 10.9. The molecule has 1 saturated carbocycles. The third-order valence-electron chi connectivity index (χ3n) is 3.34. The fraction of sp³-hybridized carbons (Fsp3) is 0.500. The van der Waals surface area contributed by atoms with Gasteiger partial charge in [-0.2, -0.15) is 0 Å². The molecule has 0 heterocycles. The van der Waals surface area contributed by atoms with Crippen molar-refractivity contribution in [3.8, 4) is 0 Å². The number of alkyl halides is 1. The smallest absolute Gasteiger partial charge is 0.221 e. The van der Waals surface area contributed by atoms with Gasteiger partial charge in [0.05, 0.1) is 0 Å². The molecule has 1 aromatic carbocycles. The highest BCUT2D eigenvalue weighted by molar-refractivity contribution is 6.21. The van der Waals surface area contributed by atoms with Gasteiger partial charge in [-0.05, 0) is 30.5 Å². The van der Waals surface area contributed by atoms with Gasteiger partial charge in [0.2, 0.25) is 5.91 Å². The van der Waals surface area contributed by atoms with Gasteiger partial charge in [-0.15, -0.1) is 11.6 Å². The normalized spacial score (nSPS) is 24.4. The molecule has 0 bridgehead atoms. The van der Waals surface area contributed by atoms with Gasteiger partial charge in [-0.1, -0.05) is 25.0 Å². The van der Waals surface area contributed by atoms with Gasteiger partial charge < -0.3 is 5.32 Å². The van der Waals surface area contributed by atoms with Crippen molar-refractivity contribution in [2.24, 2.45) is 0 Å². The number of carbonyl (C=O) groups excluding carboxylic acids is 1. The Labute approximate surface area is 107 Å². The number of anilines is 1. The Morgan fingerprint density at radius 2 is 1.88 bits per heavy atom. The van der Waals surface area contributed by atoms with Crippen LogP contribution in [0.25, 0.3) is 0 Å². The van der Waals surface area contributed by atoms with E-state index in [4.69, 9.17) is 11.6 Å². The first kappa shape index (κ1) is 12.4. The average molecular weight is 252 g/mol. The number of hydrogen-bond acceptors (Lipinski definition) is 1. The van der Waals surface area contributed by atoms with Crippen molar-refractivity contribution in [3.05, 3.63) is 29.8 Å². The number of hydrogen-bond donors (Lipinski definition) is 1. The van der Waals surface area contributed by atoms with Crippen LogP contribution >= 0.6 is 11.6 Å². The van der Waals surface area contributed by atoms with Gasteiger partial charge in [-0.3, -0.25) is 4.79 Å². The first-order valence-corrected chi connectivity index (χ1v) is 6.62. The first-order chi connectivity index (χ1) is 8.16. The lowest BCUT2D eigenvalue weighted by Crippen LogP contribution is -2.17. The van der Waals surface area contributed by atoms with Gasteiger partial charge in [0.25, 0.3) is 0 Å². The molecule has 0 spiro atoms. The zero-order chi connectivity index (χ0) is 12.3. The van der Waals surface area contributed by atoms with Crippen molar-refractivity contribution in [1.29, 1.82) is 0 Å². The molecule has 0 radical (unpaired) electrons. The molecule has 1 aliphatic carbocycles. The zero-order valence-electron chi connectivity index (χ0n) is 10.1. The molecule has 92 valence electrons. The van der Waals surface area contributed by atoms with Crippen LogP contribution in [0.1, 0.15) is 44.1 Å². The fourth-order valence-electron chi connectivity index (χ4n) is 2.48. The molecule has 0 aromatic heterocycles. The van der Waals surface area contributed by atoms with Crippen LogP contribution in [-0.4, -0.2) is 11.3 Å². The minimum Gasteiger partial charge on any atom is -0.326 e. The third kappa shape index (κ3) is 3.22. The van der Waals surface area contributed by atoms with Crippen LogP contribution in [0.2, 0.25) is 0 Å². The van der Waals surface area contributed by atoms with E-state index in [2.05, 4.69) is 17.4 Å². The molecule has 1 aliphatic rings. The Morgan fingerprint density at radius 3 is 2.47 bits per heavy atom.